The van der Waals surface area contributed by atoms with Crippen LogP contribution in [-0.2, 0) is 4.79 Å². The summed E-state index contributed by atoms with van der Waals surface area (Å²) in [6.07, 6.45) is 3.79. The van der Waals surface area contributed by atoms with Gasteiger partial charge in [-0.15, -0.1) is 0 Å². The Morgan fingerprint density at radius 3 is 3.00 bits per heavy atom. The van der Waals surface area contributed by atoms with Crippen LogP contribution in [0.5, 0.6) is 5.75 Å². The van der Waals surface area contributed by atoms with Gasteiger partial charge in [0.2, 0.25) is 5.91 Å². The Labute approximate surface area is 104 Å². The van der Waals surface area contributed by atoms with Crippen LogP contribution in [0, 0.1) is 6.92 Å². The topological polar surface area (TPSA) is 78.0 Å². The van der Waals surface area contributed by atoms with Crippen LogP contribution in [0.15, 0.2) is 24.5 Å². The summed E-state index contributed by atoms with van der Waals surface area (Å²) in [5.74, 6) is 0.820. The third kappa shape index (κ3) is 1.64. The van der Waals surface area contributed by atoms with E-state index in [0.717, 1.165) is 17.0 Å². The van der Waals surface area contributed by atoms with Gasteiger partial charge in [0.1, 0.15) is 11.6 Å². The number of imidazole rings is 1. The Bertz CT molecular complexity index is 605. The molecule has 0 fully saturated rings. The van der Waals surface area contributed by atoms with E-state index in [-0.39, 0.29) is 17.6 Å². The number of aromatic hydroxyl groups is 1. The van der Waals surface area contributed by atoms with E-state index in [0.29, 0.717) is 12.1 Å². The lowest BCUT2D eigenvalue weighted by molar-refractivity contribution is -0.116. The van der Waals surface area contributed by atoms with Gasteiger partial charge < -0.3 is 15.4 Å². The molecule has 0 aliphatic carbocycles. The predicted octanol–water partition coefficient (Wildman–Crippen LogP) is 1.90. The van der Waals surface area contributed by atoms with Gasteiger partial charge in [0.25, 0.3) is 0 Å². The molecule has 1 aromatic carbocycles. The van der Waals surface area contributed by atoms with E-state index in [9.17, 15) is 9.90 Å². The highest BCUT2D eigenvalue weighted by Gasteiger charge is 2.28. The molecule has 1 aliphatic heterocycles. The summed E-state index contributed by atoms with van der Waals surface area (Å²) in [6.45, 7) is 1.84. The van der Waals surface area contributed by atoms with Crippen molar-refractivity contribution in [3.05, 3.63) is 41.5 Å². The maximum Gasteiger partial charge on any atom is 0.225 e. The minimum Gasteiger partial charge on any atom is -0.508 e. The fourth-order valence-electron chi connectivity index (χ4n) is 2.32. The third-order valence-electron chi connectivity index (χ3n) is 3.26. The quantitative estimate of drug-likeness (QED) is 0.715. The molecule has 3 rings (SSSR count). The van der Waals surface area contributed by atoms with Crippen LogP contribution in [0.3, 0.4) is 0 Å². The fraction of sp³-hybridized carbons (Fsp3) is 0.231. The molecule has 18 heavy (non-hydrogen) atoms. The van der Waals surface area contributed by atoms with Gasteiger partial charge in [0.05, 0.1) is 5.92 Å². The van der Waals surface area contributed by atoms with Gasteiger partial charge in [-0.1, -0.05) is 0 Å². The number of amides is 1. The number of aromatic amines is 1. The molecule has 0 bridgehead atoms. The second-order valence-electron chi connectivity index (χ2n) is 4.51. The normalized spacial score (nSPS) is 18.3. The fourth-order valence-corrected chi connectivity index (χ4v) is 2.32. The maximum absolute atomic E-state index is 11.7. The molecule has 3 N–H and O–H groups in total. The SMILES string of the molecule is Cc1cc2c(cc1O)NC(=O)CC2c1ncc[nH]1. The van der Waals surface area contributed by atoms with Gasteiger partial charge in [-0.3, -0.25) is 4.79 Å². The molecule has 2 heterocycles. The summed E-state index contributed by atoms with van der Waals surface area (Å²) >= 11 is 0. The number of fused-ring (bicyclic) bond motifs is 1. The Hall–Kier alpha value is -2.30. The predicted molar refractivity (Wildman–Crippen MR) is 66.5 cm³/mol. The number of aromatic nitrogens is 2. The summed E-state index contributed by atoms with van der Waals surface area (Å²) in [5, 5.41) is 12.5. The average Bonchev–Trinajstić information content (AvgIpc) is 2.84. The largest absolute Gasteiger partial charge is 0.508 e. The molecule has 5 nitrogen and oxygen atoms in total. The number of benzene rings is 1. The van der Waals surface area contributed by atoms with Crippen molar-refractivity contribution in [2.75, 3.05) is 5.32 Å². The first-order chi connectivity index (χ1) is 8.65. The lowest BCUT2D eigenvalue weighted by atomic mass is 9.88. The van der Waals surface area contributed by atoms with Gasteiger partial charge in [-0.25, -0.2) is 4.98 Å². The number of aryl methyl sites for hydroxylation is 1. The van der Waals surface area contributed by atoms with Crippen LogP contribution in [0.1, 0.15) is 29.3 Å². The highest BCUT2D eigenvalue weighted by atomic mass is 16.3. The van der Waals surface area contributed by atoms with Gasteiger partial charge >= 0.3 is 0 Å². The molecule has 0 saturated heterocycles. The number of phenolic OH excluding ortho intramolecular Hbond substituents is 1. The standard InChI is InChI=1S/C13H13N3O2/c1-7-4-8-9(13-14-2-3-15-13)5-12(18)16-10(8)6-11(7)17/h2-4,6,9,17H,5H2,1H3,(H,14,15)(H,16,18). The Balaban J connectivity index is 2.15. The number of rotatable bonds is 1. The van der Waals surface area contributed by atoms with E-state index < -0.39 is 0 Å². The summed E-state index contributed by atoms with van der Waals surface area (Å²) in [4.78, 5) is 19.0. The monoisotopic (exact) mass is 243 g/mol. The van der Waals surface area contributed by atoms with Gasteiger partial charge in [-0.05, 0) is 24.1 Å². The van der Waals surface area contributed by atoms with Crippen LogP contribution >= 0.6 is 0 Å². The number of H-pyrrole nitrogens is 1. The van der Waals surface area contributed by atoms with E-state index in [1.807, 2.05) is 13.0 Å². The van der Waals surface area contributed by atoms with Crippen molar-refractivity contribution in [3.8, 4) is 5.75 Å². The Kier molecular flexibility index (Phi) is 2.33. The zero-order valence-electron chi connectivity index (χ0n) is 9.90. The summed E-state index contributed by atoms with van der Waals surface area (Å²) < 4.78 is 0. The number of carbonyl (C=O) groups is 1. The lowest BCUT2D eigenvalue weighted by Gasteiger charge is -2.25. The number of hydrogen-bond acceptors (Lipinski definition) is 3. The Morgan fingerprint density at radius 2 is 2.28 bits per heavy atom. The number of nitrogens with zero attached hydrogens (tertiary/aromatic N) is 1. The molecule has 2 aromatic rings. The molecule has 1 amide bonds. The highest BCUT2D eigenvalue weighted by Crippen LogP contribution is 2.38. The van der Waals surface area contributed by atoms with Crippen LogP contribution in [0.2, 0.25) is 0 Å². The molecule has 0 saturated carbocycles. The number of carbonyl (C=O) groups excluding carboxylic acids is 1. The maximum atomic E-state index is 11.7. The lowest BCUT2D eigenvalue weighted by Crippen LogP contribution is -2.24. The third-order valence-corrected chi connectivity index (χ3v) is 3.26. The van der Waals surface area contributed by atoms with Crippen LogP contribution in [-0.4, -0.2) is 21.0 Å². The van der Waals surface area contributed by atoms with Crippen molar-refractivity contribution in [2.24, 2.45) is 0 Å². The van der Waals surface area contributed by atoms with Gasteiger partial charge in [-0.2, -0.15) is 0 Å². The van der Waals surface area contributed by atoms with Crippen LogP contribution in [0.4, 0.5) is 5.69 Å². The van der Waals surface area contributed by atoms with E-state index in [1.165, 1.54) is 0 Å². The second-order valence-corrected chi connectivity index (χ2v) is 4.51. The summed E-state index contributed by atoms with van der Waals surface area (Å²) in [6, 6.07) is 3.50. The molecule has 92 valence electrons. The van der Waals surface area contributed by atoms with Gasteiger partial charge in [0, 0.05) is 30.6 Å². The second kappa shape index (κ2) is 3.87. The van der Waals surface area contributed by atoms with Crippen molar-refractivity contribution in [2.45, 2.75) is 19.3 Å². The van der Waals surface area contributed by atoms with Crippen molar-refractivity contribution in [1.82, 2.24) is 9.97 Å². The summed E-state index contributed by atoms with van der Waals surface area (Å²) in [5.41, 5.74) is 2.44. The first-order valence-electron chi connectivity index (χ1n) is 5.78. The molecule has 5 heteroatoms. The van der Waals surface area contributed by atoms with E-state index in [4.69, 9.17) is 0 Å². The summed E-state index contributed by atoms with van der Waals surface area (Å²) in [7, 11) is 0. The smallest absolute Gasteiger partial charge is 0.225 e. The molecular weight excluding hydrogens is 230 g/mol. The highest BCUT2D eigenvalue weighted by molar-refractivity contribution is 5.95. The average molecular weight is 243 g/mol. The first kappa shape index (κ1) is 10.8. The van der Waals surface area contributed by atoms with E-state index in [2.05, 4.69) is 15.3 Å². The number of hydrogen-bond donors (Lipinski definition) is 3. The number of anilines is 1. The number of nitrogens with one attached hydrogen (secondary N) is 2. The minimum atomic E-state index is -0.0805. The van der Waals surface area contributed by atoms with E-state index >= 15 is 0 Å². The van der Waals surface area contributed by atoms with Crippen molar-refractivity contribution < 1.29 is 9.90 Å². The molecule has 1 aliphatic rings. The van der Waals surface area contributed by atoms with Crippen LogP contribution in [0.25, 0.3) is 0 Å². The van der Waals surface area contributed by atoms with Crippen molar-refractivity contribution >= 4 is 11.6 Å². The van der Waals surface area contributed by atoms with Gasteiger partial charge in [0.15, 0.2) is 0 Å². The van der Waals surface area contributed by atoms with Crippen LogP contribution < -0.4 is 5.32 Å². The molecule has 1 atom stereocenters. The molecular formula is C13H13N3O2. The molecule has 0 spiro atoms. The number of phenols is 1. The first-order valence-corrected chi connectivity index (χ1v) is 5.78. The zero-order valence-corrected chi connectivity index (χ0v) is 9.90. The Morgan fingerprint density at radius 1 is 1.44 bits per heavy atom. The van der Waals surface area contributed by atoms with E-state index in [1.54, 1.807) is 18.5 Å². The van der Waals surface area contributed by atoms with Crippen molar-refractivity contribution in [1.29, 1.82) is 0 Å². The zero-order chi connectivity index (χ0) is 12.7. The van der Waals surface area contributed by atoms with Crippen molar-refractivity contribution in [3.63, 3.8) is 0 Å². The minimum absolute atomic E-state index is 0.0628. The molecule has 1 aromatic heterocycles. The molecule has 0 radical (unpaired) electrons. The molecule has 1 unspecified atom stereocenters.